The van der Waals surface area contributed by atoms with Crippen molar-refractivity contribution in [1.29, 1.82) is 0 Å². The summed E-state index contributed by atoms with van der Waals surface area (Å²) >= 11 is 5.55. The number of nitrogens with one attached hydrogen (secondary N) is 3. The molecule has 1 heterocycles. The zero-order chi connectivity index (χ0) is 25.3. The number of rotatable bonds is 8. The molecule has 3 aromatic rings. The molecular formula is C29H35N5OS. The normalized spacial score (nSPS) is 14.6. The Morgan fingerprint density at radius 2 is 1.53 bits per heavy atom. The van der Waals surface area contributed by atoms with E-state index in [0.717, 1.165) is 43.1 Å². The summed E-state index contributed by atoms with van der Waals surface area (Å²) in [5.74, 6) is 0.0795. The number of piperazine rings is 1. The van der Waals surface area contributed by atoms with E-state index in [9.17, 15) is 4.79 Å². The summed E-state index contributed by atoms with van der Waals surface area (Å²) in [6.45, 7) is 9.27. The van der Waals surface area contributed by atoms with Crippen LogP contribution in [-0.4, -0.2) is 60.1 Å². The lowest BCUT2D eigenvalue weighted by Crippen LogP contribution is -2.45. The van der Waals surface area contributed by atoms with Crippen molar-refractivity contribution in [2.45, 2.75) is 19.9 Å². The van der Waals surface area contributed by atoms with Gasteiger partial charge in [0.05, 0.1) is 6.04 Å². The average molecular weight is 502 g/mol. The molecule has 4 rings (SSSR count). The number of thiocarbonyl (C=S) groups is 1. The Labute approximate surface area is 219 Å². The molecule has 0 radical (unpaired) electrons. The summed E-state index contributed by atoms with van der Waals surface area (Å²) < 4.78 is 0. The van der Waals surface area contributed by atoms with Gasteiger partial charge in [-0.15, -0.1) is 0 Å². The number of carbonyl (C=O) groups is 1. The van der Waals surface area contributed by atoms with E-state index in [1.54, 1.807) is 0 Å². The van der Waals surface area contributed by atoms with E-state index in [1.165, 1.54) is 11.1 Å². The third-order valence-corrected chi connectivity index (χ3v) is 6.74. The van der Waals surface area contributed by atoms with Gasteiger partial charge in [-0.3, -0.25) is 9.69 Å². The molecule has 0 unspecified atom stereocenters. The predicted octanol–water partition coefficient (Wildman–Crippen LogP) is 4.97. The minimum Gasteiger partial charge on any atom is -0.339 e. The Balaban J connectivity index is 1.57. The number of hydrogen-bond acceptors (Lipinski definition) is 4. The quantitative estimate of drug-likeness (QED) is 0.379. The lowest BCUT2D eigenvalue weighted by Gasteiger charge is -2.36. The molecule has 1 saturated heterocycles. The van der Waals surface area contributed by atoms with Gasteiger partial charge in [0, 0.05) is 56.2 Å². The van der Waals surface area contributed by atoms with Crippen molar-refractivity contribution in [3.05, 3.63) is 95.6 Å². The van der Waals surface area contributed by atoms with E-state index in [4.69, 9.17) is 12.2 Å². The van der Waals surface area contributed by atoms with Gasteiger partial charge in [0.25, 0.3) is 5.91 Å². The Morgan fingerprint density at radius 1 is 0.889 bits per heavy atom. The predicted molar refractivity (Wildman–Crippen MR) is 153 cm³/mol. The monoisotopic (exact) mass is 501 g/mol. The molecule has 3 N–H and O–H groups in total. The van der Waals surface area contributed by atoms with Crippen LogP contribution in [0.15, 0.2) is 78.9 Å². The maximum Gasteiger partial charge on any atom is 0.253 e. The molecule has 6 nitrogen and oxygen atoms in total. The van der Waals surface area contributed by atoms with E-state index in [2.05, 4.69) is 51.2 Å². The zero-order valence-corrected chi connectivity index (χ0v) is 21.9. The topological polar surface area (TPSA) is 59.6 Å². The SMILES string of the molecule is CCN(CC)C(=O)c1ccc([C@H](c2cccc(NC(=S)Nc3ccccc3)c2)N2CCNCC2)cc1. The van der Waals surface area contributed by atoms with Crippen LogP contribution < -0.4 is 16.0 Å². The van der Waals surface area contributed by atoms with Crippen LogP contribution in [0.5, 0.6) is 0 Å². The van der Waals surface area contributed by atoms with Crippen molar-refractivity contribution >= 4 is 34.6 Å². The lowest BCUT2D eigenvalue weighted by atomic mass is 9.95. The van der Waals surface area contributed by atoms with Gasteiger partial charge in [0.15, 0.2) is 5.11 Å². The van der Waals surface area contributed by atoms with Crippen LogP contribution >= 0.6 is 12.2 Å². The van der Waals surface area contributed by atoms with Gasteiger partial charge in [0.1, 0.15) is 0 Å². The summed E-state index contributed by atoms with van der Waals surface area (Å²) in [6, 6.07) is 26.6. The second-order valence-corrected chi connectivity index (χ2v) is 9.27. The van der Waals surface area contributed by atoms with Crippen LogP contribution in [0.25, 0.3) is 0 Å². The first-order valence-corrected chi connectivity index (χ1v) is 13.1. The highest BCUT2D eigenvalue weighted by Crippen LogP contribution is 2.31. The van der Waals surface area contributed by atoms with E-state index >= 15 is 0 Å². The number of anilines is 2. The molecule has 1 atom stereocenters. The molecule has 0 spiro atoms. The average Bonchev–Trinajstić information content (AvgIpc) is 2.91. The molecule has 36 heavy (non-hydrogen) atoms. The Kier molecular flexibility index (Phi) is 9.06. The fourth-order valence-corrected chi connectivity index (χ4v) is 4.89. The third kappa shape index (κ3) is 6.49. The number of hydrogen-bond donors (Lipinski definition) is 3. The first-order valence-electron chi connectivity index (χ1n) is 12.7. The van der Waals surface area contributed by atoms with Gasteiger partial charge in [-0.05, 0) is 73.6 Å². The molecule has 0 aliphatic carbocycles. The Morgan fingerprint density at radius 3 is 2.19 bits per heavy atom. The van der Waals surface area contributed by atoms with E-state index in [-0.39, 0.29) is 11.9 Å². The van der Waals surface area contributed by atoms with Crippen molar-refractivity contribution in [3.8, 4) is 0 Å². The van der Waals surface area contributed by atoms with E-state index in [1.807, 2.05) is 67.3 Å². The second kappa shape index (κ2) is 12.6. The molecule has 3 aromatic carbocycles. The number of carbonyl (C=O) groups excluding carboxylic acids is 1. The summed E-state index contributed by atoms with van der Waals surface area (Å²) in [6.07, 6.45) is 0. The molecule has 1 amide bonds. The zero-order valence-electron chi connectivity index (χ0n) is 21.0. The minimum absolute atomic E-state index is 0.0795. The molecular weight excluding hydrogens is 466 g/mol. The van der Waals surface area contributed by atoms with Crippen LogP contribution in [0.2, 0.25) is 0 Å². The molecule has 188 valence electrons. The summed E-state index contributed by atoms with van der Waals surface area (Å²) in [5, 5.41) is 10.6. The lowest BCUT2D eigenvalue weighted by molar-refractivity contribution is 0.0773. The van der Waals surface area contributed by atoms with Crippen molar-refractivity contribution in [2.24, 2.45) is 0 Å². The summed E-state index contributed by atoms with van der Waals surface area (Å²) in [4.78, 5) is 17.2. The van der Waals surface area contributed by atoms with Crippen molar-refractivity contribution in [2.75, 3.05) is 49.9 Å². The van der Waals surface area contributed by atoms with E-state index in [0.29, 0.717) is 18.2 Å². The van der Waals surface area contributed by atoms with Gasteiger partial charge in [0.2, 0.25) is 0 Å². The fraction of sp³-hybridized carbons (Fsp3) is 0.310. The first-order chi connectivity index (χ1) is 17.6. The van der Waals surface area contributed by atoms with Crippen LogP contribution in [-0.2, 0) is 0 Å². The largest absolute Gasteiger partial charge is 0.339 e. The molecule has 0 aromatic heterocycles. The Bertz CT molecular complexity index is 1140. The summed E-state index contributed by atoms with van der Waals surface area (Å²) in [5.41, 5.74) is 4.98. The second-order valence-electron chi connectivity index (χ2n) is 8.86. The Hall–Kier alpha value is -3.26. The van der Waals surface area contributed by atoms with Gasteiger partial charge >= 0.3 is 0 Å². The maximum atomic E-state index is 12.8. The van der Waals surface area contributed by atoms with Gasteiger partial charge in [-0.1, -0.05) is 42.5 Å². The molecule has 0 saturated carbocycles. The van der Waals surface area contributed by atoms with Crippen LogP contribution in [0.3, 0.4) is 0 Å². The standard InChI is InChI=1S/C29H35N5OS/c1-3-33(4-2)28(35)23-15-13-22(14-16-23)27(34-19-17-30-18-20-34)24-9-8-12-26(21-24)32-29(36)31-25-10-6-5-7-11-25/h5-16,21,27,30H,3-4,17-20H2,1-2H3,(H2,31,32,36)/t27-/m1/s1. The highest BCUT2D eigenvalue weighted by Gasteiger charge is 2.25. The molecule has 7 heteroatoms. The molecule has 1 aliphatic rings. The highest BCUT2D eigenvalue weighted by molar-refractivity contribution is 7.80. The maximum absolute atomic E-state index is 12.8. The van der Waals surface area contributed by atoms with Crippen molar-refractivity contribution in [1.82, 2.24) is 15.1 Å². The van der Waals surface area contributed by atoms with Gasteiger partial charge in [-0.25, -0.2) is 0 Å². The van der Waals surface area contributed by atoms with Gasteiger partial charge < -0.3 is 20.9 Å². The molecule has 1 aliphatic heterocycles. The van der Waals surface area contributed by atoms with Crippen LogP contribution in [0.4, 0.5) is 11.4 Å². The highest BCUT2D eigenvalue weighted by atomic mass is 32.1. The minimum atomic E-state index is 0.0795. The number of amides is 1. The van der Waals surface area contributed by atoms with Crippen LogP contribution in [0.1, 0.15) is 41.4 Å². The smallest absolute Gasteiger partial charge is 0.253 e. The number of para-hydroxylation sites is 1. The molecule has 1 fully saturated rings. The molecule has 0 bridgehead atoms. The first kappa shape index (κ1) is 25.8. The number of nitrogens with zero attached hydrogens (tertiary/aromatic N) is 2. The third-order valence-electron chi connectivity index (χ3n) is 6.53. The van der Waals surface area contributed by atoms with Crippen molar-refractivity contribution < 1.29 is 4.79 Å². The fourth-order valence-electron chi connectivity index (χ4n) is 4.66. The summed E-state index contributed by atoms with van der Waals surface area (Å²) in [7, 11) is 0. The number of benzene rings is 3. The van der Waals surface area contributed by atoms with Crippen LogP contribution in [0, 0.1) is 0 Å². The van der Waals surface area contributed by atoms with Crippen molar-refractivity contribution in [3.63, 3.8) is 0 Å². The van der Waals surface area contributed by atoms with E-state index < -0.39 is 0 Å². The van der Waals surface area contributed by atoms with Gasteiger partial charge in [-0.2, -0.15) is 0 Å².